The van der Waals surface area contributed by atoms with Crippen molar-refractivity contribution in [3.8, 4) is 0 Å². The van der Waals surface area contributed by atoms with Crippen molar-refractivity contribution in [2.24, 2.45) is 0 Å². The number of aliphatic hydroxyl groups excluding tert-OH is 1. The van der Waals surface area contributed by atoms with Crippen LogP contribution >= 0.6 is 0 Å². The summed E-state index contributed by atoms with van der Waals surface area (Å²) in [7, 11) is 0. The molecule has 0 radical (unpaired) electrons. The average molecular weight is 279 g/mol. The molecule has 0 bridgehead atoms. The molecule has 0 aliphatic heterocycles. The Labute approximate surface area is 121 Å². The average Bonchev–Trinajstić information content (AvgIpc) is 2.16. The van der Waals surface area contributed by atoms with Gasteiger partial charge in [0.05, 0.1) is 12.5 Å². The summed E-state index contributed by atoms with van der Waals surface area (Å²) in [5, 5.41) is 8.81. The van der Waals surface area contributed by atoms with E-state index in [4.69, 9.17) is 5.11 Å². The van der Waals surface area contributed by atoms with Gasteiger partial charge in [-0.15, -0.1) is 0 Å². The first-order valence-electron chi connectivity index (χ1n) is 5.52. The van der Waals surface area contributed by atoms with Crippen LogP contribution in [0.3, 0.4) is 0 Å². The minimum atomic E-state index is -0.424. The maximum atomic E-state index is 10.4. The van der Waals surface area contributed by atoms with Gasteiger partial charge in [-0.25, -0.2) is 0 Å². The summed E-state index contributed by atoms with van der Waals surface area (Å²) in [4.78, 5) is 30.8. The molecule has 1 unspecified atom stereocenters. The number of hydrogen-bond acceptors (Lipinski definition) is 4. The van der Waals surface area contributed by atoms with Crippen molar-refractivity contribution < 1.29 is 20.9 Å². The predicted molar refractivity (Wildman–Crippen MR) is 83.5 cm³/mol. The maximum absolute atomic E-state index is 10.4. The molecule has 0 heterocycles. The van der Waals surface area contributed by atoms with E-state index in [1.54, 1.807) is 6.92 Å². The molecular weight excluding hydrogens is 244 g/mol. The lowest BCUT2D eigenvalue weighted by atomic mass is 10.1. The fraction of sp³-hybridized carbons (Fsp3) is 0.800. The quantitative estimate of drug-likeness (QED) is 0.752. The number of ketones is 3. The minimum absolute atomic E-state index is 0. The van der Waals surface area contributed by atoms with E-state index in [0.29, 0.717) is 19.3 Å². The van der Waals surface area contributed by atoms with Crippen LogP contribution in [0.5, 0.6) is 0 Å². The Morgan fingerprint density at radius 3 is 1.53 bits per heavy atom. The number of Topliss-reactive ketones (excluding diaryl/α,β-unsaturated/α-hetero) is 3. The van der Waals surface area contributed by atoms with Crippen molar-refractivity contribution in [1.29, 1.82) is 0 Å². The molecule has 0 aliphatic carbocycles. The van der Waals surface area contributed by atoms with Gasteiger partial charge in [0.2, 0.25) is 0 Å². The number of carbonyl (C=O) groups is 3. The number of rotatable bonds is 6. The van der Waals surface area contributed by atoms with Crippen LogP contribution in [-0.4, -0.2) is 28.6 Å². The largest absolute Gasteiger partial charge is 1.00 e. The molecule has 0 aromatic heterocycles. The topological polar surface area (TPSA) is 71.4 Å². The van der Waals surface area contributed by atoms with E-state index in [2.05, 4.69) is 0 Å². The first kappa shape index (κ1) is 30.8. The molecule has 0 amide bonds. The van der Waals surface area contributed by atoms with Crippen molar-refractivity contribution in [3.05, 3.63) is 0 Å². The van der Waals surface area contributed by atoms with E-state index in [-0.39, 0.29) is 47.5 Å². The molecule has 0 spiro atoms. The van der Waals surface area contributed by atoms with Gasteiger partial charge in [-0.05, 0) is 20.3 Å². The number of aliphatic hydroxyl groups is 1. The lowest BCUT2D eigenvalue weighted by molar-refractivity contribution is -0.125. The van der Waals surface area contributed by atoms with E-state index in [9.17, 15) is 14.4 Å². The van der Waals surface area contributed by atoms with Crippen LogP contribution in [-0.2, 0) is 14.4 Å². The zero-order chi connectivity index (χ0) is 13.1. The van der Waals surface area contributed by atoms with Gasteiger partial charge in [0.1, 0.15) is 17.3 Å². The van der Waals surface area contributed by atoms with Crippen molar-refractivity contribution in [2.45, 2.75) is 81.8 Å². The van der Waals surface area contributed by atoms with Crippen molar-refractivity contribution in [2.75, 3.05) is 0 Å². The van der Waals surface area contributed by atoms with Crippen LogP contribution in [0.2, 0.25) is 0 Å². The molecule has 0 aliphatic rings. The molecule has 0 saturated carbocycles. The molecule has 118 valence electrons. The van der Waals surface area contributed by atoms with Crippen molar-refractivity contribution in [3.63, 3.8) is 0 Å². The van der Waals surface area contributed by atoms with Crippen LogP contribution in [0.15, 0.2) is 0 Å². The van der Waals surface area contributed by atoms with Crippen molar-refractivity contribution >= 4 is 17.3 Å². The number of carbonyl (C=O) groups excluding carboxylic acids is 3. The third-order valence-electron chi connectivity index (χ3n) is 1.83. The first-order valence-corrected chi connectivity index (χ1v) is 5.52. The third kappa shape index (κ3) is 31.6. The summed E-state index contributed by atoms with van der Waals surface area (Å²) in [5.74, 6) is 0.0358. The second kappa shape index (κ2) is 19.3. The monoisotopic (exact) mass is 279 g/mol. The highest BCUT2D eigenvalue weighted by Crippen LogP contribution is 1.95. The van der Waals surface area contributed by atoms with Gasteiger partial charge in [0.25, 0.3) is 0 Å². The van der Waals surface area contributed by atoms with Gasteiger partial charge < -0.3 is 5.11 Å². The van der Waals surface area contributed by atoms with Gasteiger partial charge in [0, 0.05) is 12.8 Å². The molecule has 0 saturated heterocycles. The molecule has 0 fully saturated rings. The fourth-order valence-electron chi connectivity index (χ4n) is 0.879. The van der Waals surface area contributed by atoms with Crippen molar-refractivity contribution in [1.82, 2.24) is 0 Å². The summed E-state index contributed by atoms with van der Waals surface area (Å²) >= 11 is 0. The van der Waals surface area contributed by atoms with Crippen LogP contribution < -0.4 is 0 Å². The lowest BCUT2D eigenvalue weighted by Crippen LogP contribution is -2.08. The fourth-order valence-corrected chi connectivity index (χ4v) is 0.879. The van der Waals surface area contributed by atoms with Gasteiger partial charge >= 0.3 is 1.43 Å². The zero-order valence-corrected chi connectivity index (χ0v) is 10.6. The molecule has 0 rings (SSSR count). The normalized spacial score (nSPS) is 9.32. The predicted octanol–water partition coefficient (Wildman–Crippen LogP) is 3.70. The second-order valence-corrected chi connectivity index (χ2v) is 3.74. The van der Waals surface area contributed by atoms with Crippen LogP contribution in [0.1, 0.15) is 77.1 Å². The van der Waals surface area contributed by atoms with Crippen LogP contribution in [0, 0.1) is 0 Å². The maximum Gasteiger partial charge on any atom is 1.00 e. The Hall–Kier alpha value is -1.03. The minimum Gasteiger partial charge on any atom is -0.393 e. The highest BCUT2D eigenvalue weighted by Gasteiger charge is 2.02. The lowest BCUT2D eigenvalue weighted by Gasteiger charge is -2.01. The highest BCUT2D eigenvalue weighted by molar-refractivity contribution is 5.97. The Morgan fingerprint density at radius 1 is 1.00 bits per heavy atom. The van der Waals surface area contributed by atoms with E-state index in [1.807, 2.05) is 6.92 Å². The van der Waals surface area contributed by atoms with E-state index in [0.717, 1.165) is 0 Å². The molecular formula is C15H35O4+. The van der Waals surface area contributed by atoms with E-state index < -0.39 is 6.10 Å². The Morgan fingerprint density at radius 2 is 1.42 bits per heavy atom. The molecule has 4 heteroatoms. The first-order chi connectivity index (χ1) is 7.33. The van der Waals surface area contributed by atoms with E-state index >= 15 is 0 Å². The van der Waals surface area contributed by atoms with Crippen LogP contribution in [0.25, 0.3) is 0 Å². The molecule has 19 heavy (non-hydrogen) atoms. The molecule has 4 nitrogen and oxygen atoms in total. The highest BCUT2D eigenvalue weighted by atomic mass is 16.3. The van der Waals surface area contributed by atoms with E-state index in [1.165, 1.54) is 13.8 Å². The van der Waals surface area contributed by atoms with Crippen LogP contribution in [0.4, 0.5) is 0 Å². The smallest absolute Gasteiger partial charge is 0.393 e. The third-order valence-corrected chi connectivity index (χ3v) is 1.83. The molecule has 0 aromatic carbocycles. The Bertz CT molecular complexity index is 240. The SMILES string of the molecule is C.C.C.CCC(=O)CC(C)=O.CCC(O)CC(C)=O.[H+]. The molecule has 1 atom stereocenters. The van der Waals surface area contributed by atoms with Gasteiger partial charge in [-0.2, -0.15) is 0 Å². The Kier molecular flexibility index (Phi) is 31.3. The molecule has 0 aromatic rings. The molecule has 1 N–H and O–H groups in total. The summed E-state index contributed by atoms with van der Waals surface area (Å²) in [6, 6.07) is 0. The second-order valence-electron chi connectivity index (χ2n) is 3.74. The van der Waals surface area contributed by atoms with Gasteiger partial charge in [-0.1, -0.05) is 36.1 Å². The summed E-state index contributed by atoms with van der Waals surface area (Å²) in [6.45, 7) is 6.52. The van der Waals surface area contributed by atoms with Gasteiger partial charge in [-0.3, -0.25) is 14.4 Å². The zero-order valence-electron chi connectivity index (χ0n) is 11.6. The Balaban J connectivity index is -0.0000000408. The summed E-state index contributed by atoms with van der Waals surface area (Å²) < 4.78 is 0. The number of hydrogen-bond donors (Lipinski definition) is 1. The summed E-state index contributed by atoms with van der Waals surface area (Å²) in [5.41, 5.74) is 0. The standard InChI is InChI=1S/C6H12O2.C6H10O2.3CH4/c2*1-3-6(8)4-5(2)7;;;/h6,8H,3-4H2,1-2H3;3-4H2,1-2H3;3*1H4/p+1. The van der Waals surface area contributed by atoms with Gasteiger partial charge in [0.15, 0.2) is 0 Å². The summed E-state index contributed by atoms with van der Waals surface area (Å²) in [6.07, 6.45) is 1.12.